The largest absolute Gasteiger partial charge is 0.310 e. The van der Waals surface area contributed by atoms with Crippen molar-refractivity contribution in [2.45, 2.75) is 39.7 Å². The molecule has 0 bridgehead atoms. The summed E-state index contributed by atoms with van der Waals surface area (Å²) in [6.07, 6.45) is 1.88. The maximum absolute atomic E-state index is 13.9. The molecule has 1 aliphatic rings. The molecule has 2 unspecified atom stereocenters. The standard InChI is InChI=1S/C15H20F3N/c1-4-7-19-14(10-8-15(10,2)3)9-5-6-11(16)13(18)12(9)17/h5-6,10,14,19H,4,7-8H2,1-3H3. The Morgan fingerprint density at radius 1 is 1.26 bits per heavy atom. The Kier molecular flexibility index (Phi) is 3.90. The second-order valence-corrected chi connectivity index (χ2v) is 6.00. The summed E-state index contributed by atoms with van der Waals surface area (Å²) in [6, 6.07) is 2.12. The Morgan fingerprint density at radius 2 is 1.89 bits per heavy atom. The molecule has 1 aliphatic carbocycles. The van der Waals surface area contributed by atoms with Gasteiger partial charge in [-0.05, 0) is 36.8 Å². The van der Waals surface area contributed by atoms with Crippen LogP contribution in [0.4, 0.5) is 13.2 Å². The summed E-state index contributed by atoms with van der Waals surface area (Å²) in [7, 11) is 0. The molecular weight excluding hydrogens is 251 g/mol. The van der Waals surface area contributed by atoms with Gasteiger partial charge in [0.15, 0.2) is 17.5 Å². The topological polar surface area (TPSA) is 12.0 Å². The molecule has 0 radical (unpaired) electrons. The van der Waals surface area contributed by atoms with E-state index in [0.29, 0.717) is 0 Å². The molecular formula is C15H20F3N. The molecule has 0 saturated heterocycles. The first kappa shape index (κ1) is 14.4. The van der Waals surface area contributed by atoms with Gasteiger partial charge in [0.2, 0.25) is 0 Å². The van der Waals surface area contributed by atoms with Gasteiger partial charge in [0.1, 0.15) is 0 Å². The summed E-state index contributed by atoms with van der Waals surface area (Å²) in [4.78, 5) is 0. The molecule has 1 aromatic rings. The molecule has 0 amide bonds. The lowest BCUT2D eigenvalue weighted by molar-refractivity contribution is 0.383. The summed E-state index contributed by atoms with van der Waals surface area (Å²) in [5.41, 5.74) is 0.367. The third kappa shape index (κ3) is 2.78. The fourth-order valence-electron chi connectivity index (χ4n) is 2.63. The van der Waals surface area contributed by atoms with Crippen LogP contribution in [-0.2, 0) is 0 Å². The molecule has 2 atom stereocenters. The van der Waals surface area contributed by atoms with E-state index in [9.17, 15) is 13.2 Å². The van der Waals surface area contributed by atoms with E-state index in [1.54, 1.807) is 0 Å². The van der Waals surface area contributed by atoms with Crippen LogP contribution in [0.3, 0.4) is 0 Å². The number of hydrogen-bond acceptors (Lipinski definition) is 1. The summed E-state index contributed by atoms with van der Waals surface area (Å²) in [5, 5.41) is 3.26. The number of halogens is 3. The fourth-order valence-corrected chi connectivity index (χ4v) is 2.63. The monoisotopic (exact) mass is 271 g/mol. The van der Waals surface area contributed by atoms with Crippen molar-refractivity contribution in [3.05, 3.63) is 35.1 Å². The van der Waals surface area contributed by atoms with Crippen LogP contribution in [0.2, 0.25) is 0 Å². The van der Waals surface area contributed by atoms with E-state index < -0.39 is 17.5 Å². The maximum atomic E-state index is 13.9. The van der Waals surface area contributed by atoms with Crippen LogP contribution < -0.4 is 5.32 Å². The minimum Gasteiger partial charge on any atom is -0.310 e. The predicted octanol–water partition coefficient (Wildman–Crippen LogP) is 4.19. The van der Waals surface area contributed by atoms with Crippen molar-refractivity contribution in [2.75, 3.05) is 6.54 Å². The van der Waals surface area contributed by atoms with Gasteiger partial charge in [0.05, 0.1) is 0 Å². The number of nitrogens with one attached hydrogen (secondary N) is 1. The van der Waals surface area contributed by atoms with Crippen molar-refractivity contribution >= 4 is 0 Å². The second-order valence-electron chi connectivity index (χ2n) is 6.00. The van der Waals surface area contributed by atoms with Gasteiger partial charge in [-0.25, -0.2) is 13.2 Å². The first-order valence-electron chi connectivity index (χ1n) is 6.75. The first-order valence-corrected chi connectivity index (χ1v) is 6.75. The van der Waals surface area contributed by atoms with E-state index in [1.165, 1.54) is 6.07 Å². The lowest BCUT2D eigenvalue weighted by atomic mass is 9.96. The van der Waals surface area contributed by atoms with Crippen LogP contribution >= 0.6 is 0 Å². The predicted molar refractivity (Wildman–Crippen MR) is 69.2 cm³/mol. The highest BCUT2D eigenvalue weighted by molar-refractivity contribution is 5.26. The molecule has 1 nitrogen and oxygen atoms in total. The van der Waals surface area contributed by atoms with Crippen LogP contribution in [0.15, 0.2) is 12.1 Å². The van der Waals surface area contributed by atoms with Crippen molar-refractivity contribution in [2.24, 2.45) is 11.3 Å². The van der Waals surface area contributed by atoms with Gasteiger partial charge in [0, 0.05) is 11.6 Å². The zero-order valence-corrected chi connectivity index (χ0v) is 11.6. The Bertz CT molecular complexity index is 471. The molecule has 0 aliphatic heterocycles. The highest BCUT2D eigenvalue weighted by Gasteiger charge is 2.51. The fraction of sp³-hybridized carbons (Fsp3) is 0.600. The molecule has 0 aromatic heterocycles. The summed E-state index contributed by atoms with van der Waals surface area (Å²) >= 11 is 0. The van der Waals surface area contributed by atoms with Crippen LogP contribution in [0, 0.1) is 28.8 Å². The molecule has 1 N–H and O–H groups in total. The van der Waals surface area contributed by atoms with E-state index in [-0.39, 0.29) is 22.9 Å². The average molecular weight is 271 g/mol. The minimum absolute atomic E-state index is 0.128. The van der Waals surface area contributed by atoms with Crippen molar-refractivity contribution in [1.82, 2.24) is 5.32 Å². The SMILES string of the molecule is CCCNC(c1ccc(F)c(F)c1F)C1CC1(C)C. The smallest absolute Gasteiger partial charge is 0.194 e. The van der Waals surface area contributed by atoms with Crippen LogP contribution in [0.5, 0.6) is 0 Å². The van der Waals surface area contributed by atoms with E-state index in [2.05, 4.69) is 19.2 Å². The molecule has 19 heavy (non-hydrogen) atoms. The summed E-state index contributed by atoms with van der Waals surface area (Å²) in [6.45, 7) is 6.96. The quantitative estimate of drug-likeness (QED) is 0.792. The minimum atomic E-state index is -1.38. The number of hydrogen-bond donors (Lipinski definition) is 1. The lowest BCUT2D eigenvalue weighted by Crippen LogP contribution is -2.26. The zero-order chi connectivity index (χ0) is 14.2. The van der Waals surface area contributed by atoms with Crippen LogP contribution in [-0.4, -0.2) is 6.54 Å². The number of rotatable bonds is 5. The molecule has 2 rings (SSSR count). The van der Waals surface area contributed by atoms with Crippen LogP contribution in [0.1, 0.15) is 45.2 Å². The maximum Gasteiger partial charge on any atom is 0.194 e. The average Bonchev–Trinajstić information content (AvgIpc) is 2.98. The normalized spacial score (nSPS) is 22.3. The van der Waals surface area contributed by atoms with Crippen molar-refractivity contribution < 1.29 is 13.2 Å². The molecule has 1 saturated carbocycles. The van der Waals surface area contributed by atoms with Gasteiger partial charge < -0.3 is 5.32 Å². The third-order valence-corrected chi connectivity index (χ3v) is 4.01. The molecule has 0 spiro atoms. The van der Waals surface area contributed by atoms with Crippen LogP contribution in [0.25, 0.3) is 0 Å². The molecule has 4 heteroatoms. The third-order valence-electron chi connectivity index (χ3n) is 4.01. The van der Waals surface area contributed by atoms with E-state index >= 15 is 0 Å². The summed E-state index contributed by atoms with van der Waals surface area (Å²) < 4.78 is 40.3. The Balaban J connectivity index is 2.31. The van der Waals surface area contributed by atoms with Gasteiger partial charge in [-0.15, -0.1) is 0 Å². The molecule has 106 valence electrons. The Labute approximate surface area is 112 Å². The first-order chi connectivity index (χ1) is 8.88. The van der Waals surface area contributed by atoms with Gasteiger partial charge in [0.25, 0.3) is 0 Å². The zero-order valence-electron chi connectivity index (χ0n) is 11.6. The van der Waals surface area contributed by atoms with Gasteiger partial charge in [-0.1, -0.05) is 26.8 Å². The van der Waals surface area contributed by atoms with Gasteiger partial charge in [-0.3, -0.25) is 0 Å². The molecule has 1 fully saturated rings. The highest BCUT2D eigenvalue weighted by Crippen LogP contribution is 2.58. The summed E-state index contributed by atoms with van der Waals surface area (Å²) in [5.74, 6) is -3.31. The van der Waals surface area contributed by atoms with Crippen molar-refractivity contribution in [3.8, 4) is 0 Å². The van der Waals surface area contributed by atoms with E-state index in [1.807, 2.05) is 6.92 Å². The highest BCUT2D eigenvalue weighted by atomic mass is 19.2. The Hall–Kier alpha value is -1.03. The van der Waals surface area contributed by atoms with Crippen molar-refractivity contribution in [1.29, 1.82) is 0 Å². The Morgan fingerprint density at radius 3 is 2.42 bits per heavy atom. The molecule has 1 aromatic carbocycles. The van der Waals surface area contributed by atoms with E-state index in [0.717, 1.165) is 25.5 Å². The van der Waals surface area contributed by atoms with Gasteiger partial charge in [-0.2, -0.15) is 0 Å². The molecule has 0 heterocycles. The lowest BCUT2D eigenvalue weighted by Gasteiger charge is -2.21. The number of benzene rings is 1. The van der Waals surface area contributed by atoms with Crippen molar-refractivity contribution in [3.63, 3.8) is 0 Å². The van der Waals surface area contributed by atoms with Gasteiger partial charge >= 0.3 is 0 Å². The van der Waals surface area contributed by atoms with E-state index in [4.69, 9.17) is 0 Å². The second kappa shape index (κ2) is 5.16.